The average Bonchev–Trinajstić information content (AvgIpc) is 2.48. The zero-order chi connectivity index (χ0) is 11.4. The van der Waals surface area contributed by atoms with Gasteiger partial charge in [0.2, 0.25) is 0 Å². The van der Waals surface area contributed by atoms with Crippen LogP contribution >= 0.6 is 0 Å². The fraction of sp³-hybridized carbons (Fsp3) is 0.417. The third-order valence-electron chi connectivity index (χ3n) is 2.47. The van der Waals surface area contributed by atoms with Gasteiger partial charge in [0.1, 0.15) is 0 Å². The van der Waals surface area contributed by atoms with E-state index >= 15 is 0 Å². The quantitative estimate of drug-likeness (QED) is 0.845. The SMILES string of the molecule is CCOC1Nc2ccccc2C=NC1OC. The standard InChI is InChI=1S/C12H16N2O2/c1-3-16-12-11(15-2)13-8-9-6-4-5-7-10(9)14-12/h4-8,11-12,14H,3H2,1-2H3. The number of rotatable bonds is 3. The number of benzodiazepines with no additional fused rings is 1. The van der Waals surface area contributed by atoms with E-state index in [1.807, 2.05) is 37.4 Å². The lowest BCUT2D eigenvalue weighted by Gasteiger charge is -2.23. The highest BCUT2D eigenvalue weighted by molar-refractivity contribution is 5.88. The summed E-state index contributed by atoms with van der Waals surface area (Å²) in [5.74, 6) is 0. The molecule has 0 saturated carbocycles. The van der Waals surface area contributed by atoms with Crippen LogP contribution in [0.5, 0.6) is 0 Å². The molecular weight excluding hydrogens is 204 g/mol. The second-order valence-electron chi connectivity index (χ2n) is 3.51. The molecule has 0 fully saturated rings. The number of para-hydroxylation sites is 1. The summed E-state index contributed by atoms with van der Waals surface area (Å²) in [7, 11) is 1.63. The summed E-state index contributed by atoms with van der Waals surface area (Å²) in [6.45, 7) is 2.57. The molecule has 2 unspecified atom stereocenters. The number of benzene rings is 1. The van der Waals surface area contributed by atoms with E-state index in [0.717, 1.165) is 11.3 Å². The van der Waals surface area contributed by atoms with E-state index in [0.29, 0.717) is 6.61 Å². The van der Waals surface area contributed by atoms with E-state index < -0.39 is 0 Å². The molecular formula is C12H16N2O2. The molecule has 1 aliphatic rings. The van der Waals surface area contributed by atoms with Gasteiger partial charge in [-0.05, 0) is 13.0 Å². The van der Waals surface area contributed by atoms with Crippen molar-refractivity contribution in [3.8, 4) is 0 Å². The lowest BCUT2D eigenvalue weighted by atomic mass is 10.2. The van der Waals surface area contributed by atoms with Gasteiger partial charge in [-0.2, -0.15) is 0 Å². The number of fused-ring (bicyclic) bond motifs is 1. The number of ether oxygens (including phenoxy) is 2. The van der Waals surface area contributed by atoms with Crippen molar-refractivity contribution in [1.29, 1.82) is 0 Å². The molecule has 4 nitrogen and oxygen atoms in total. The number of aliphatic imine (C=N–C) groups is 1. The first-order chi connectivity index (χ1) is 7.85. The maximum atomic E-state index is 5.57. The van der Waals surface area contributed by atoms with Crippen molar-refractivity contribution in [2.45, 2.75) is 19.4 Å². The van der Waals surface area contributed by atoms with Crippen LogP contribution in [0.15, 0.2) is 29.3 Å². The topological polar surface area (TPSA) is 42.8 Å². The van der Waals surface area contributed by atoms with E-state index in [4.69, 9.17) is 9.47 Å². The molecule has 4 heteroatoms. The highest BCUT2D eigenvalue weighted by Crippen LogP contribution is 2.20. The Hall–Kier alpha value is -1.39. The third-order valence-corrected chi connectivity index (χ3v) is 2.47. The molecule has 2 rings (SSSR count). The molecule has 2 atom stereocenters. The summed E-state index contributed by atoms with van der Waals surface area (Å²) in [4.78, 5) is 4.35. The highest BCUT2D eigenvalue weighted by atomic mass is 16.5. The van der Waals surface area contributed by atoms with E-state index in [1.54, 1.807) is 7.11 Å². The molecule has 1 aromatic rings. The summed E-state index contributed by atoms with van der Waals surface area (Å²) in [5.41, 5.74) is 2.07. The van der Waals surface area contributed by atoms with E-state index in [-0.39, 0.29) is 12.5 Å². The van der Waals surface area contributed by atoms with Crippen molar-refractivity contribution in [2.24, 2.45) is 4.99 Å². The Bertz CT molecular complexity index is 379. The van der Waals surface area contributed by atoms with Crippen molar-refractivity contribution >= 4 is 11.9 Å². The van der Waals surface area contributed by atoms with Gasteiger partial charge in [0.05, 0.1) is 0 Å². The van der Waals surface area contributed by atoms with Gasteiger partial charge >= 0.3 is 0 Å². The normalized spacial score (nSPS) is 23.4. The van der Waals surface area contributed by atoms with Gasteiger partial charge in [-0.1, -0.05) is 18.2 Å². The van der Waals surface area contributed by atoms with Crippen LogP contribution in [0.1, 0.15) is 12.5 Å². The number of hydrogen-bond acceptors (Lipinski definition) is 4. The van der Waals surface area contributed by atoms with Gasteiger partial charge in [-0.15, -0.1) is 0 Å². The minimum Gasteiger partial charge on any atom is -0.356 e. The summed E-state index contributed by atoms with van der Waals surface area (Å²) in [5, 5.41) is 3.29. The van der Waals surface area contributed by atoms with Gasteiger partial charge in [0, 0.05) is 31.2 Å². The molecule has 1 aromatic carbocycles. The van der Waals surface area contributed by atoms with Crippen molar-refractivity contribution in [3.05, 3.63) is 29.8 Å². The molecule has 1 N–H and O–H groups in total. The molecule has 16 heavy (non-hydrogen) atoms. The second-order valence-corrected chi connectivity index (χ2v) is 3.51. The lowest BCUT2D eigenvalue weighted by Crippen LogP contribution is -2.35. The maximum Gasteiger partial charge on any atom is 0.192 e. The molecule has 0 amide bonds. The second kappa shape index (κ2) is 5.09. The summed E-state index contributed by atoms with van der Waals surface area (Å²) in [6.07, 6.45) is 1.26. The maximum absolute atomic E-state index is 5.57. The first-order valence-electron chi connectivity index (χ1n) is 5.38. The van der Waals surface area contributed by atoms with Crippen LogP contribution in [0.25, 0.3) is 0 Å². The van der Waals surface area contributed by atoms with Crippen LogP contribution in [-0.2, 0) is 9.47 Å². The number of hydrogen-bond donors (Lipinski definition) is 1. The molecule has 0 radical (unpaired) electrons. The fourth-order valence-electron chi connectivity index (χ4n) is 1.69. The average molecular weight is 220 g/mol. The molecule has 1 aliphatic heterocycles. The minimum atomic E-state index is -0.313. The van der Waals surface area contributed by atoms with Crippen molar-refractivity contribution in [2.75, 3.05) is 19.0 Å². The van der Waals surface area contributed by atoms with Gasteiger partial charge in [-0.25, -0.2) is 0 Å². The molecule has 0 aliphatic carbocycles. The highest BCUT2D eigenvalue weighted by Gasteiger charge is 2.23. The first kappa shape index (κ1) is 11.1. The summed E-state index contributed by atoms with van der Waals surface area (Å²) < 4.78 is 10.9. The van der Waals surface area contributed by atoms with Crippen LogP contribution in [0.2, 0.25) is 0 Å². The number of nitrogens with one attached hydrogen (secondary N) is 1. The Balaban J connectivity index is 2.27. The van der Waals surface area contributed by atoms with Crippen molar-refractivity contribution < 1.29 is 9.47 Å². The molecule has 0 aromatic heterocycles. The zero-order valence-electron chi connectivity index (χ0n) is 9.51. The fourth-order valence-corrected chi connectivity index (χ4v) is 1.69. The Morgan fingerprint density at radius 1 is 1.38 bits per heavy atom. The van der Waals surface area contributed by atoms with Crippen molar-refractivity contribution in [1.82, 2.24) is 0 Å². The van der Waals surface area contributed by atoms with Gasteiger partial charge in [0.15, 0.2) is 12.5 Å². The molecule has 0 spiro atoms. The molecule has 0 saturated heterocycles. The predicted molar refractivity (Wildman–Crippen MR) is 63.9 cm³/mol. The summed E-state index contributed by atoms with van der Waals surface area (Å²) >= 11 is 0. The third kappa shape index (κ3) is 2.23. The molecule has 0 bridgehead atoms. The minimum absolute atomic E-state index is 0.241. The smallest absolute Gasteiger partial charge is 0.192 e. The van der Waals surface area contributed by atoms with E-state index in [1.165, 1.54) is 0 Å². The number of methoxy groups -OCH3 is 1. The van der Waals surface area contributed by atoms with Crippen molar-refractivity contribution in [3.63, 3.8) is 0 Å². The Morgan fingerprint density at radius 3 is 2.94 bits per heavy atom. The monoisotopic (exact) mass is 220 g/mol. The zero-order valence-corrected chi connectivity index (χ0v) is 9.51. The lowest BCUT2D eigenvalue weighted by molar-refractivity contribution is -0.0325. The Kier molecular flexibility index (Phi) is 3.54. The van der Waals surface area contributed by atoms with E-state index in [9.17, 15) is 0 Å². The van der Waals surface area contributed by atoms with Crippen LogP contribution in [-0.4, -0.2) is 32.4 Å². The molecule has 1 heterocycles. The largest absolute Gasteiger partial charge is 0.356 e. The van der Waals surface area contributed by atoms with Gasteiger partial charge in [0.25, 0.3) is 0 Å². The van der Waals surface area contributed by atoms with Crippen LogP contribution in [0.4, 0.5) is 5.69 Å². The molecule has 86 valence electrons. The van der Waals surface area contributed by atoms with Gasteiger partial charge in [-0.3, -0.25) is 4.99 Å². The number of anilines is 1. The first-order valence-corrected chi connectivity index (χ1v) is 5.38. The summed E-state index contributed by atoms with van der Waals surface area (Å²) in [6, 6.07) is 7.98. The predicted octanol–water partition coefficient (Wildman–Crippen LogP) is 1.87. The van der Waals surface area contributed by atoms with Crippen LogP contribution in [0, 0.1) is 0 Å². The van der Waals surface area contributed by atoms with Gasteiger partial charge < -0.3 is 14.8 Å². The van der Waals surface area contributed by atoms with Crippen LogP contribution < -0.4 is 5.32 Å². The Labute approximate surface area is 95.3 Å². The number of nitrogens with zero attached hydrogens (tertiary/aromatic N) is 1. The van der Waals surface area contributed by atoms with Crippen LogP contribution in [0.3, 0.4) is 0 Å². The Morgan fingerprint density at radius 2 is 2.19 bits per heavy atom. The van der Waals surface area contributed by atoms with E-state index in [2.05, 4.69) is 10.3 Å².